The maximum atomic E-state index is 11.7. The number of ether oxygens (including phenoxy) is 1. The molecule has 2 N–H and O–H groups in total. The molecule has 1 fully saturated rings. The lowest BCUT2D eigenvalue weighted by molar-refractivity contribution is -0.132. The maximum absolute atomic E-state index is 11.7. The molecule has 0 saturated carbocycles. The largest absolute Gasteiger partial charge is 0.482 e. The van der Waals surface area contributed by atoms with Crippen molar-refractivity contribution in [2.45, 2.75) is 12.8 Å². The van der Waals surface area contributed by atoms with E-state index in [4.69, 9.17) is 10.5 Å². The Hall–Kier alpha value is -1.71. The Kier molecular flexibility index (Phi) is 3.29. The minimum atomic E-state index is 0.0424. The molecule has 4 heteroatoms. The zero-order valence-corrected chi connectivity index (χ0v) is 9.19. The Morgan fingerprint density at radius 1 is 1.31 bits per heavy atom. The van der Waals surface area contributed by atoms with Crippen LogP contribution < -0.4 is 10.5 Å². The van der Waals surface area contributed by atoms with Crippen LogP contribution in [-0.4, -0.2) is 30.5 Å². The van der Waals surface area contributed by atoms with Crippen LogP contribution in [0.1, 0.15) is 12.8 Å². The maximum Gasteiger partial charge on any atom is 0.260 e. The smallest absolute Gasteiger partial charge is 0.260 e. The molecule has 0 bridgehead atoms. The van der Waals surface area contributed by atoms with Crippen molar-refractivity contribution in [1.82, 2.24) is 4.90 Å². The van der Waals surface area contributed by atoms with E-state index in [1.165, 1.54) is 0 Å². The van der Waals surface area contributed by atoms with E-state index in [1.54, 1.807) is 12.1 Å². The highest BCUT2D eigenvalue weighted by Crippen LogP contribution is 2.19. The van der Waals surface area contributed by atoms with E-state index in [2.05, 4.69) is 0 Å². The van der Waals surface area contributed by atoms with Crippen LogP contribution in [0.15, 0.2) is 24.3 Å². The number of benzene rings is 1. The lowest BCUT2D eigenvalue weighted by Gasteiger charge is -2.15. The van der Waals surface area contributed by atoms with Gasteiger partial charge >= 0.3 is 0 Å². The van der Waals surface area contributed by atoms with Crippen LogP contribution in [0.2, 0.25) is 0 Å². The molecule has 2 rings (SSSR count). The SMILES string of the molecule is Nc1ccccc1OCC(=O)N1CCCC1. The number of carbonyl (C=O) groups is 1. The highest BCUT2D eigenvalue weighted by atomic mass is 16.5. The lowest BCUT2D eigenvalue weighted by Crippen LogP contribution is -2.32. The molecule has 1 aliphatic rings. The van der Waals surface area contributed by atoms with Crippen molar-refractivity contribution in [3.8, 4) is 5.75 Å². The van der Waals surface area contributed by atoms with Gasteiger partial charge in [0.25, 0.3) is 5.91 Å². The van der Waals surface area contributed by atoms with Gasteiger partial charge in [-0.25, -0.2) is 0 Å². The Balaban J connectivity index is 1.87. The van der Waals surface area contributed by atoms with Gasteiger partial charge in [-0.05, 0) is 25.0 Å². The number of nitrogen functional groups attached to an aromatic ring is 1. The van der Waals surface area contributed by atoms with E-state index >= 15 is 0 Å². The number of anilines is 1. The van der Waals surface area contributed by atoms with Crippen LogP contribution in [0.5, 0.6) is 5.75 Å². The summed E-state index contributed by atoms with van der Waals surface area (Å²) in [5, 5.41) is 0. The fourth-order valence-corrected chi connectivity index (χ4v) is 1.81. The van der Waals surface area contributed by atoms with Crippen LogP contribution in [0, 0.1) is 0 Å². The van der Waals surface area contributed by atoms with Crippen LogP contribution in [-0.2, 0) is 4.79 Å². The molecule has 16 heavy (non-hydrogen) atoms. The van der Waals surface area contributed by atoms with Crippen molar-refractivity contribution < 1.29 is 9.53 Å². The van der Waals surface area contributed by atoms with Gasteiger partial charge in [0.1, 0.15) is 5.75 Å². The van der Waals surface area contributed by atoms with Gasteiger partial charge in [0.15, 0.2) is 6.61 Å². The van der Waals surface area contributed by atoms with Crippen molar-refractivity contribution in [2.24, 2.45) is 0 Å². The second kappa shape index (κ2) is 4.88. The first-order chi connectivity index (χ1) is 7.77. The lowest BCUT2D eigenvalue weighted by atomic mass is 10.3. The third-order valence-corrected chi connectivity index (χ3v) is 2.73. The molecule has 1 amide bonds. The van der Waals surface area contributed by atoms with Crippen LogP contribution in [0.4, 0.5) is 5.69 Å². The molecule has 1 aliphatic heterocycles. The second-order valence-electron chi connectivity index (χ2n) is 3.91. The average Bonchev–Trinajstić information content (AvgIpc) is 2.81. The van der Waals surface area contributed by atoms with E-state index in [0.717, 1.165) is 25.9 Å². The fraction of sp³-hybridized carbons (Fsp3) is 0.417. The molecule has 0 aromatic heterocycles. The summed E-state index contributed by atoms with van der Waals surface area (Å²) in [6, 6.07) is 7.21. The number of amides is 1. The average molecular weight is 220 g/mol. The van der Waals surface area contributed by atoms with Gasteiger partial charge < -0.3 is 15.4 Å². The van der Waals surface area contributed by atoms with Crippen LogP contribution >= 0.6 is 0 Å². The van der Waals surface area contributed by atoms with Crippen molar-refractivity contribution in [2.75, 3.05) is 25.4 Å². The molecule has 1 aromatic rings. The van der Waals surface area contributed by atoms with Crippen molar-refractivity contribution in [3.05, 3.63) is 24.3 Å². The first-order valence-electron chi connectivity index (χ1n) is 5.52. The molecule has 1 heterocycles. The molecular weight excluding hydrogens is 204 g/mol. The molecule has 0 aliphatic carbocycles. The van der Waals surface area contributed by atoms with Gasteiger partial charge in [-0.15, -0.1) is 0 Å². The Bertz CT molecular complexity index is 373. The Morgan fingerprint density at radius 3 is 2.69 bits per heavy atom. The number of hydrogen-bond acceptors (Lipinski definition) is 3. The van der Waals surface area contributed by atoms with E-state index in [1.807, 2.05) is 17.0 Å². The third kappa shape index (κ3) is 2.45. The Labute approximate surface area is 95.0 Å². The quantitative estimate of drug-likeness (QED) is 0.780. The van der Waals surface area contributed by atoms with E-state index in [0.29, 0.717) is 11.4 Å². The monoisotopic (exact) mass is 220 g/mol. The minimum Gasteiger partial charge on any atom is -0.482 e. The zero-order valence-electron chi connectivity index (χ0n) is 9.19. The summed E-state index contributed by atoms with van der Waals surface area (Å²) in [6.45, 7) is 1.78. The number of para-hydroxylation sites is 2. The minimum absolute atomic E-state index is 0.0424. The first kappa shape index (κ1) is 10.8. The van der Waals surface area contributed by atoms with Gasteiger partial charge in [0.2, 0.25) is 0 Å². The van der Waals surface area contributed by atoms with E-state index in [9.17, 15) is 4.79 Å². The van der Waals surface area contributed by atoms with Crippen molar-refractivity contribution in [3.63, 3.8) is 0 Å². The van der Waals surface area contributed by atoms with E-state index < -0.39 is 0 Å². The summed E-state index contributed by atoms with van der Waals surface area (Å²) in [6.07, 6.45) is 2.19. The molecule has 1 saturated heterocycles. The number of nitrogens with zero attached hydrogens (tertiary/aromatic N) is 1. The highest BCUT2D eigenvalue weighted by molar-refractivity contribution is 5.78. The molecule has 1 aromatic carbocycles. The second-order valence-corrected chi connectivity index (χ2v) is 3.91. The third-order valence-electron chi connectivity index (χ3n) is 2.73. The zero-order chi connectivity index (χ0) is 11.4. The summed E-state index contributed by atoms with van der Waals surface area (Å²) in [4.78, 5) is 13.5. The predicted octanol–water partition coefficient (Wildman–Crippen LogP) is 1.27. The normalized spacial score (nSPS) is 15.1. The summed E-state index contributed by atoms with van der Waals surface area (Å²) in [7, 11) is 0. The number of likely N-dealkylation sites (tertiary alicyclic amines) is 1. The predicted molar refractivity (Wildman–Crippen MR) is 62.2 cm³/mol. The Morgan fingerprint density at radius 2 is 2.00 bits per heavy atom. The van der Waals surface area contributed by atoms with Gasteiger partial charge in [0.05, 0.1) is 5.69 Å². The molecule has 0 atom stereocenters. The molecule has 0 unspecified atom stereocenters. The van der Waals surface area contributed by atoms with Crippen molar-refractivity contribution >= 4 is 11.6 Å². The molecule has 0 spiro atoms. The molecule has 0 radical (unpaired) electrons. The number of carbonyl (C=O) groups excluding carboxylic acids is 1. The summed E-state index contributed by atoms with van der Waals surface area (Å²) in [5.74, 6) is 0.621. The number of hydrogen-bond donors (Lipinski definition) is 1. The highest BCUT2D eigenvalue weighted by Gasteiger charge is 2.18. The standard InChI is InChI=1S/C12H16N2O2/c13-10-5-1-2-6-11(10)16-9-12(15)14-7-3-4-8-14/h1-2,5-6H,3-4,7-9,13H2. The summed E-state index contributed by atoms with van der Waals surface area (Å²) in [5.41, 5.74) is 6.28. The number of nitrogens with two attached hydrogens (primary N) is 1. The molecule has 86 valence electrons. The van der Waals surface area contributed by atoms with Gasteiger partial charge in [0, 0.05) is 13.1 Å². The molecule has 4 nitrogen and oxygen atoms in total. The van der Waals surface area contributed by atoms with Gasteiger partial charge in [-0.3, -0.25) is 4.79 Å². The van der Waals surface area contributed by atoms with Gasteiger partial charge in [-0.2, -0.15) is 0 Å². The van der Waals surface area contributed by atoms with Crippen molar-refractivity contribution in [1.29, 1.82) is 0 Å². The summed E-state index contributed by atoms with van der Waals surface area (Å²) >= 11 is 0. The van der Waals surface area contributed by atoms with Crippen LogP contribution in [0.25, 0.3) is 0 Å². The fourth-order valence-electron chi connectivity index (χ4n) is 1.81. The first-order valence-corrected chi connectivity index (χ1v) is 5.52. The number of rotatable bonds is 3. The van der Waals surface area contributed by atoms with Gasteiger partial charge in [-0.1, -0.05) is 12.1 Å². The molecular formula is C12H16N2O2. The summed E-state index contributed by atoms with van der Waals surface area (Å²) < 4.78 is 5.39. The van der Waals surface area contributed by atoms with Crippen LogP contribution in [0.3, 0.4) is 0 Å². The topological polar surface area (TPSA) is 55.6 Å². The van der Waals surface area contributed by atoms with E-state index in [-0.39, 0.29) is 12.5 Å².